The van der Waals surface area contributed by atoms with Crippen LogP contribution in [0.3, 0.4) is 0 Å². The molecule has 4 heteroatoms. The zero-order valence-corrected chi connectivity index (χ0v) is 14.5. The van der Waals surface area contributed by atoms with Gasteiger partial charge in [0.25, 0.3) is 0 Å². The maximum absolute atomic E-state index is 12.1. The maximum Gasteiger partial charge on any atom is 0.315 e. The molecule has 0 saturated heterocycles. The molecule has 0 spiro atoms. The van der Waals surface area contributed by atoms with Crippen LogP contribution in [0, 0.1) is 0 Å². The molecule has 1 atom stereocenters. The Hall–Kier alpha value is -3.01. The maximum atomic E-state index is 12.1. The highest BCUT2D eigenvalue weighted by molar-refractivity contribution is 5.84. The molecule has 0 aliphatic rings. The number of carbonyl (C=O) groups is 1. The van der Waals surface area contributed by atoms with Gasteiger partial charge in [0.15, 0.2) is 0 Å². The standard InChI is InChI=1S/C21H22N2O2/c1-15(17-6-4-3-5-7-17)23-21(24)22-14-16-8-9-19-13-20(25-2)11-10-18(19)12-16/h3-13,15H,14H2,1-2H3,(H2,22,23,24)/t15-/m1/s1. The summed E-state index contributed by atoms with van der Waals surface area (Å²) in [6, 6.07) is 21.8. The van der Waals surface area contributed by atoms with Crippen LogP contribution in [0.15, 0.2) is 66.7 Å². The van der Waals surface area contributed by atoms with E-state index < -0.39 is 0 Å². The van der Waals surface area contributed by atoms with Crippen molar-refractivity contribution in [3.63, 3.8) is 0 Å². The lowest BCUT2D eigenvalue weighted by molar-refractivity contribution is 0.237. The predicted octanol–water partition coefficient (Wildman–Crippen LogP) is 4.41. The van der Waals surface area contributed by atoms with Gasteiger partial charge in [-0.15, -0.1) is 0 Å². The Bertz CT molecular complexity index is 862. The van der Waals surface area contributed by atoms with Gasteiger partial charge in [0.2, 0.25) is 0 Å². The van der Waals surface area contributed by atoms with Crippen LogP contribution in [0.5, 0.6) is 5.75 Å². The average Bonchev–Trinajstić information content (AvgIpc) is 2.66. The quantitative estimate of drug-likeness (QED) is 0.726. The normalized spacial score (nSPS) is 11.8. The van der Waals surface area contributed by atoms with Crippen molar-refractivity contribution in [1.29, 1.82) is 0 Å². The molecule has 0 aliphatic heterocycles. The first-order valence-electron chi connectivity index (χ1n) is 8.32. The number of nitrogens with one attached hydrogen (secondary N) is 2. The zero-order chi connectivity index (χ0) is 17.6. The third-order valence-electron chi connectivity index (χ3n) is 4.21. The van der Waals surface area contributed by atoms with Crippen molar-refractivity contribution >= 4 is 16.8 Å². The minimum Gasteiger partial charge on any atom is -0.497 e. The van der Waals surface area contributed by atoms with Gasteiger partial charge < -0.3 is 15.4 Å². The lowest BCUT2D eigenvalue weighted by Crippen LogP contribution is -2.36. The van der Waals surface area contributed by atoms with Crippen molar-refractivity contribution in [2.45, 2.75) is 19.5 Å². The fraction of sp³-hybridized carbons (Fsp3) is 0.190. The van der Waals surface area contributed by atoms with E-state index in [0.717, 1.165) is 27.6 Å². The first kappa shape index (κ1) is 16.8. The molecular formula is C21H22N2O2. The minimum absolute atomic E-state index is 0.0368. The van der Waals surface area contributed by atoms with Crippen LogP contribution < -0.4 is 15.4 Å². The van der Waals surface area contributed by atoms with Gasteiger partial charge in [-0.05, 0) is 47.0 Å². The van der Waals surface area contributed by atoms with E-state index in [1.807, 2.05) is 67.6 Å². The number of urea groups is 1. The van der Waals surface area contributed by atoms with Gasteiger partial charge in [0, 0.05) is 6.54 Å². The molecule has 0 aromatic heterocycles. The van der Waals surface area contributed by atoms with Crippen LogP contribution >= 0.6 is 0 Å². The van der Waals surface area contributed by atoms with Crippen molar-refractivity contribution < 1.29 is 9.53 Å². The number of rotatable bonds is 5. The SMILES string of the molecule is COc1ccc2cc(CNC(=O)N[C@H](C)c3ccccc3)ccc2c1. The summed E-state index contributed by atoms with van der Waals surface area (Å²) in [5.41, 5.74) is 2.14. The molecule has 0 radical (unpaired) electrons. The number of ether oxygens (including phenoxy) is 1. The summed E-state index contributed by atoms with van der Waals surface area (Å²) >= 11 is 0. The third-order valence-corrected chi connectivity index (χ3v) is 4.21. The fourth-order valence-corrected chi connectivity index (χ4v) is 2.77. The minimum atomic E-state index is -0.175. The van der Waals surface area contributed by atoms with Gasteiger partial charge >= 0.3 is 6.03 Å². The number of benzene rings is 3. The monoisotopic (exact) mass is 334 g/mol. The molecule has 0 bridgehead atoms. The Balaban J connectivity index is 1.59. The molecule has 128 valence electrons. The molecule has 0 heterocycles. The Morgan fingerprint density at radius 1 is 1.00 bits per heavy atom. The van der Waals surface area contributed by atoms with E-state index in [1.54, 1.807) is 7.11 Å². The summed E-state index contributed by atoms with van der Waals surface area (Å²) in [4.78, 5) is 12.1. The van der Waals surface area contributed by atoms with Crippen LogP contribution in [0.4, 0.5) is 4.79 Å². The van der Waals surface area contributed by atoms with Crippen molar-refractivity contribution in [1.82, 2.24) is 10.6 Å². The second kappa shape index (κ2) is 7.71. The number of fused-ring (bicyclic) bond motifs is 1. The van der Waals surface area contributed by atoms with Crippen LogP contribution in [0.1, 0.15) is 24.1 Å². The van der Waals surface area contributed by atoms with Crippen LogP contribution in [-0.2, 0) is 6.54 Å². The topological polar surface area (TPSA) is 50.4 Å². The highest BCUT2D eigenvalue weighted by Crippen LogP contribution is 2.21. The second-order valence-corrected chi connectivity index (χ2v) is 6.01. The summed E-state index contributed by atoms with van der Waals surface area (Å²) in [7, 11) is 1.66. The molecule has 0 unspecified atom stereocenters. The van der Waals surface area contributed by atoms with E-state index in [2.05, 4.69) is 16.7 Å². The van der Waals surface area contributed by atoms with Gasteiger partial charge in [-0.1, -0.05) is 48.5 Å². The third kappa shape index (κ3) is 4.29. The Morgan fingerprint density at radius 3 is 2.48 bits per heavy atom. The lowest BCUT2D eigenvalue weighted by atomic mass is 10.1. The summed E-state index contributed by atoms with van der Waals surface area (Å²) < 4.78 is 5.24. The fourth-order valence-electron chi connectivity index (χ4n) is 2.77. The Kier molecular flexibility index (Phi) is 5.19. The number of methoxy groups -OCH3 is 1. The highest BCUT2D eigenvalue weighted by Gasteiger charge is 2.08. The van der Waals surface area contributed by atoms with Crippen molar-refractivity contribution in [3.8, 4) is 5.75 Å². The Morgan fingerprint density at radius 2 is 1.72 bits per heavy atom. The van der Waals surface area contributed by atoms with Crippen molar-refractivity contribution in [2.75, 3.05) is 7.11 Å². The van der Waals surface area contributed by atoms with E-state index in [9.17, 15) is 4.79 Å². The molecule has 4 nitrogen and oxygen atoms in total. The van der Waals surface area contributed by atoms with Gasteiger partial charge in [-0.2, -0.15) is 0 Å². The molecule has 2 amide bonds. The number of hydrogen-bond acceptors (Lipinski definition) is 2. The van der Waals surface area contributed by atoms with E-state index in [-0.39, 0.29) is 12.1 Å². The first-order chi connectivity index (χ1) is 12.2. The zero-order valence-electron chi connectivity index (χ0n) is 14.5. The summed E-state index contributed by atoms with van der Waals surface area (Å²) in [5.74, 6) is 0.840. The highest BCUT2D eigenvalue weighted by atomic mass is 16.5. The van der Waals surface area contributed by atoms with E-state index in [4.69, 9.17) is 4.74 Å². The molecule has 3 aromatic carbocycles. The van der Waals surface area contributed by atoms with E-state index in [0.29, 0.717) is 6.54 Å². The molecule has 0 aliphatic carbocycles. The van der Waals surface area contributed by atoms with Gasteiger partial charge in [0.05, 0.1) is 13.2 Å². The number of hydrogen-bond donors (Lipinski definition) is 2. The Labute approximate surface area is 147 Å². The molecule has 0 saturated carbocycles. The van der Waals surface area contributed by atoms with Crippen LogP contribution in [0.2, 0.25) is 0 Å². The molecular weight excluding hydrogens is 312 g/mol. The summed E-state index contributed by atoms with van der Waals surface area (Å²) in [5, 5.41) is 8.10. The van der Waals surface area contributed by atoms with Gasteiger partial charge in [-0.25, -0.2) is 4.79 Å². The first-order valence-corrected chi connectivity index (χ1v) is 8.32. The second-order valence-electron chi connectivity index (χ2n) is 6.01. The molecule has 25 heavy (non-hydrogen) atoms. The van der Waals surface area contributed by atoms with E-state index >= 15 is 0 Å². The smallest absolute Gasteiger partial charge is 0.315 e. The molecule has 3 aromatic rings. The summed E-state index contributed by atoms with van der Waals surface area (Å²) in [6.07, 6.45) is 0. The number of amides is 2. The van der Waals surface area contributed by atoms with E-state index in [1.165, 1.54) is 0 Å². The molecule has 3 rings (SSSR count). The molecule has 0 fully saturated rings. The van der Waals surface area contributed by atoms with Crippen molar-refractivity contribution in [2.24, 2.45) is 0 Å². The van der Waals surface area contributed by atoms with Crippen molar-refractivity contribution in [3.05, 3.63) is 77.9 Å². The lowest BCUT2D eigenvalue weighted by Gasteiger charge is -2.15. The predicted molar refractivity (Wildman–Crippen MR) is 101 cm³/mol. The van der Waals surface area contributed by atoms with Crippen LogP contribution in [-0.4, -0.2) is 13.1 Å². The largest absolute Gasteiger partial charge is 0.497 e. The molecule has 2 N–H and O–H groups in total. The van der Waals surface area contributed by atoms with Gasteiger partial charge in [-0.3, -0.25) is 0 Å². The van der Waals surface area contributed by atoms with Gasteiger partial charge in [0.1, 0.15) is 5.75 Å². The number of carbonyl (C=O) groups excluding carboxylic acids is 1. The average molecular weight is 334 g/mol. The van der Waals surface area contributed by atoms with Crippen LogP contribution in [0.25, 0.3) is 10.8 Å². The summed E-state index contributed by atoms with van der Waals surface area (Å²) in [6.45, 7) is 2.45.